The van der Waals surface area contributed by atoms with Crippen LogP contribution in [0, 0.1) is 12.3 Å². The molecule has 5 heteroatoms. The van der Waals surface area contributed by atoms with E-state index in [0.29, 0.717) is 16.8 Å². The lowest BCUT2D eigenvalue weighted by Gasteiger charge is -2.21. The molecule has 116 valence electrons. The monoisotopic (exact) mass is 306 g/mol. The number of terminal acetylenes is 1. The third-order valence-electron chi connectivity index (χ3n) is 3.80. The van der Waals surface area contributed by atoms with Gasteiger partial charge in [-0.1, -0.05) is 12.0 Å². The molecule has 23 heavy (non-hydrogen) atoms. The minimum atomic E-state index is -0.163. The third-order valence-corrected chi connectivity index (χ3v) is 3.80. The topological polar surface area (TPSA) is 58.1 Å². The molecule has 0 amide bonds. The number of anilines is 1. The van der Waals surface area contributed by atoms with E-state index < -0.39 is 0 Å². The van der Waals surface area contributed by atoms with Crippen molar-refractivity contribution in [1.82, 2.24) is 15.3 Å². The lowest BCUT2D eigenvalue weighted by molar-refractivity contribution is 0.103. The molecule has 0 aliphatic carbocycles. The number of carbonyl (C=O) groups is 1. The van der Waals surface area contributed by atoms with Gasteiger partial charge in [-0.15, -0.1) is 6.42 Å². The van der Waals surface area contributed by atoms with Gasteiger partial charge in [0.2, 0.25) is 5.78 Å². The van der Waals surface area contributed by atoms with Crippen LogP contribution in [0.2, 0.25) is 0 Å². The smallest absolute Gasteiger partial charge is 0.213 e. The summed E-state index contributed by atoms with van der Waals surface area (Å²) in [4.78, 5) is 23.4. The highest BCUT2D eigenvalue weighted by Gasteiger charge is 2.15. The van der Waals surface area contributed by atoms with Crippen LogP contribution in [0.5, 0.6) is 0 Å². The summed E-state index contributed by atoms with van der Waals surface area (Å²) in [6.07, 6.45) is 9.51. The molecule has 1 aliphatic heterocycles. The molecule has 1 saturated heterocycles. The second-order valence-corrected chi connectivity index (χ2v) is 5.41. The quantitative estimate of drug-likeness (QED) is 0.688. The van der Waals surface area contributed by atoms with Crippen molar-refractivity contribution in [2.45, 2.75) is 6.42 Å². The first kappa shape index (κ1) is 15.2. The van der Waals surface area contributed by atoms with E-state index in [9.17, 15) is 4.79 Å². The molecule has 1 aliphatic rings. The van der Waals surface area contributed by atoms with Gasteiger partial charge in [-0.05, 0) is 31.2 Å². The molecule has 0 radical (unpaired) electrons. The Bertz CT molecular complexity index is 743. The van der Waals surface area contributed by atoms with E-state index in [4.69, 9.17) is 6.42 Å². The fourth-order valence-corrected chi connectivity index (χ4v) is 2.59. The molecule has 0 atom stereocenters. The number of nitrogens with one attached hydrogen (secondary N) is 1. The average Bonchev–Trinajstić information content (AvgIpc) is 2.90. The molecule has 3 heterocycles. The standard InChI is InChI=1S/C18H18N4O/c1-2-14-11-15(13-20-12-14)18(23)16-5-3-6-17(21-16)22-9-4-7-19-8-10-22/h1,3,5-6,11-13,19H,4,7-10H2. The van der Waals surface area contributed by atoms with E-state index >= 15 is 0 Å². The third kappa shape index (κ3) is 3.55. The summed E-state index contributed by atoms with van der Waals surface area (Å²) in [5.41, 5.74) is 1.46. The molecule has 1 fully saturated rings. The van der Waals surface area contributed by atoms with Crippen molar-refractivity contribution in [3.05, 3.63) is 53.5 Å². The van der Waals surface area contributed by atoms with E-state index in [1.807, 2.05) is 12.1 Å². The van der Waals surface area contributed by atoms with Gasteiger partial charge in [-0.25, -0.2) is 4.98 Å². The van der Waals surface area contributed by atoms with Gasteiger partial charge in [0.25, 0.3) is 0 Å². The molecule has 0 bridgehead atoms. The summed E-state index contributed by atoms with van der Waals surface area (Å²) in [6.45, 7) is 3.76. The second-order valence-electron chi connectivity index (χ2n) is 5.41. The summed E-state index contributed by atoms with van der Waals surface area (Å²) in [7, 11) is 0. The molecular weight excluding hydrogens is 288 g/mol. The van der Waals surface area contributed by atoms with Gasteiger partial charge in [0.05, 0.1) is 0 Å². The maximum atomic E-state index is 12.6. The minimum Gasteiger partial charge on any atom is -0.355 e. The van der Waals surface area contributed by atoms with Crippen LogP contribution in [0.4, 0.5) is 5.82 Å². The Morgan fingerprint density at radius 3 is 3.04 bits per heavy atom. The van der Waals surface area contributed by atoms with Crippen LogP contribution in [-0.4, -0.2) is 41.9 Å². The molecule has 5 nitrogen and oxygen atoms in total. The van der Waals surface area contributed by atoms with Crippen molar-refractivity contribution < 1.29 is 4.79 Å². The largest absolute Gasteiger partial charge is 0.355 e. The number of nitrogens with zero attached hydrogens (tertiary/aromatic N) is 3. The molecular formula is C18H18N4O. The highest BCUT2D eigenvalue weighted by molar-refractivity contribution is 6.07. The number of aromatic nitrogens is 2. The fraction of sp³-hybridized carbons (Fsp3) is 0.278. The van der Waals surface area contributed by atoms with E-state index in [1.165, 1.54) is 6.20 Å². The van der Waals surface area contributed by atoms with Crippen molar-refractivity contribution in [3.63, 3.8) is 0 Å². The normalized spacial score (nSPS) is 14.8. The fourth-order valence-electron chi connectivity index (χ4n) is 2.59. The van der Waals surface area contributed by atoms with Gasteiger partial charge in [-0.2, -0.15) is 0 Å². The molecule has 1 N–H and O–H groups in total. The highest BCUT2D eigenvalue weighted by Crippen LogP contribution is 2.15. The Labute approximate surface area is 135 Å². The molecule has 2 aromatic rings. The van der Waals surface area contributed by atoms with Crippen LogP contribution in [0.15, 0.2) is 36.7 Å². The van der Waals surface area contributed by atoms with Gasteiger partial charge in [0.1, 0.15) is 11.5 Å². The van der Waals surface area contributed by atoms with E-state index in [2.05, 4.69) is 26.1 Å². The summed E-state index contributed by atoms with van der Waals surface area (Å²) in [5.74, 6) is 3.16. The van der Waals surface area contributed by atoms with Crippen LogP contribution in [0.1, 0.15) is 28.0 Å². The van der Waals surface area contributed by atoms with Crippen molar-refractivity contribution >= 4 is 11.6 Å². The maximum absolute atomic E-state index is 12.6. The van der Waals surface area contributed by atoms with Crippen molar-refractivity contribution in [2.75, 3.05) is 31.1 Å². The number of carbonyl (C=O) groups excluding carboxylic acids is 1. The van der Waals surface area contributed by atoms with Gasteiger partial charge in [0.15, 0.2) is 0 Å². The first-order valence-corrected chi connectivity index (χ1v) is 7.67. The summed E-state index contributed by atoms with van der Waals surface area (Å²) in [5, 5.41) is 3.36. The first-order chi connectivity index (χ1) is 11.3. The summed E-state index contributed by atoms with van der Waals surface area (Å²) < 4.78 is 0. The van der Waals surface area contributed by atoms with Gasteiger partial charge < -0.3 is 10.2 Å². The zero-order chi connectivity index (χ0) is 16.1. The molecule has 0 aromatic carbocycles. The SMILES string of the molecule is C#Cc1cncc(C(=O)c2cccc(N3CCCNCC3)n2)c1. The van der Waals surface area contributed by atoms with Crippen LogP contribution in [0.25, 0.3) is 0 Å². The highest BCUT2D eigenvalue weighted by atomic mass is 16.1. The molecule has 0 unspecified atom stereocenters. The summed E-state index contributed by atoms with van der Waals surface area (Å²) in [6, 6.07) is 7.20. The zero-order valence-corrected chi connectivity index (χ0v) is 12.8. The minimum absolute atomic E-state index is 0.163. The Balaban J connectivity index is 1.86. The Kier molecular flexibility index (Phi) is 4.65. The van der Waals surface area contributed by atoms with Crippen molar-refractivity contribution in [1.29, 1.82) is 0 Å². The Morgan fingerprint density at radius 2 is 2.17 bits per heavy atom. The van der Waals surface area contributed by atoms with Gasteiger partial charge in [-0.3, -0.25) is 9.78 Å². The zero-order valence-electron chi connectivity index (χ0n) is 12.8. The van der Waals surface area contributed by atoms with Crippen LogP contribution >= 0.6 is 0 Å². The lowest BCUT2D eigenvalue weighted by Crippen LogP contribution is -2.28. The number of pyridine rings is 2. The molecule has 2 aromatic heterocycles. The van der Waals surface area contributed by atoms with Gasteiger partial charge >= 0.3 is 0 Å². The Morgan fingerprint density at radius 1 is 1.26 bits per heavy atom. The van der Waals surface area contributed by atoms with E-state index in [-0.39, 0.29) is 5.78 Å². The van der Waals surface area contributed by atoms with Crippen LogP contribution in [0.3, 0.4) is 0 Å². The average molecular weight is 306 g/mol. The molecule has 0 spiro atoms. The summed E-state index contributed by atoms with van der Waals surface area (Å²) >= 11 is 0. The van der Waals surface area contributed by atoms with Crippen LogP contribution in [-0.2, 0) is 0 Å². The number of hydrogen-bond acceptors (Lipinski definition) is 5. The second kappa shape index (κ2) is 7.03. The maximum Gasteiger partial charge on any atom is 0.213 e. The predicted molar refractivity (Wildman–Crippen MR) is 89.5 cm³/mol. The van der Waals surface area contributed by atoms with Crippen LogP contribution < -0.4 is 10.2 Å². The van der Waals surface area contributed by atoms with Gasteiger partial charge in [0, 0.05) is 43.2 Å². The number of rotatable bonds is 3. The van der Waals surface area contributed by atoms with E-state index in [0.717, 1.165) is 38.4 Å². The Hall–Kier alpha value is -2.71. The number of hydrogen-bond donors (Lipinski definition) is 1. The predicted octanol–water partition coefficient (Wildman–Crippen LogP) is 1.49. The lowest BCUT2D eigenvalue weighted by atomic mass is 10.1. The van der Waals surface area contributed by atoms with Crippen molar-refractivity contribution in [2.24, 2.45) is 0 Å². The number of ketones is 1. The molecule has 3 rings (SSSR count). The molecule has 0 saturated carbocycles. The van der Waals surface area contributed by atoms with Crippen molar-refractivity contribution in [3.8, 4) is 12.3 Å². The first-order valence-electron chi connectivity index (χ1n) is 7.67. The van der Waals surface area contributed by atoms with E-state index in [1.54, 1.807) is 18.3 Å².